The van der Waals surface area contributed by atoms with Crippen molar-refractivity contribution >= 4 is 39.1 Å². The molecule has 2 amide bonds. The second kappa shape index (κ2) is 12.2. The van der Waals surface area contributed by atoms with Crippen molar-refractivity contribution in [3.63, 3.8) is 0 Å². The minimum absolute atomic E-state index is 0.0203. The molecule has 0 aliphatic carbocycles. The number of aryl methyl sites for hydroxylation is 1. The smallest absolute Gasteiger partial charge is 0.264 e. The third-order valence-electron chi connectivity index (χ3n) is 5.91. The molecule has 7 nitrogen and oxygen atoms in total. The number of nitrogens with zero attached hydrogens (tertiary/aromatic N) is 2. The van der Waals surface area contributed by atoms with E-state index in [1.54, 1.807) is 25.1 Å². The second-order valence-electron chi connectivity index (χ2n) is 8.47. The zero-order valence-electron chi connectivity index (χ0n) is 20.8. The summed E-state index contributed by atoms with van der Waals surface area (Å²) in [5, 5.41) is 2.29. The van der Waals surface area contributed by atoms with Gasteiger partial charge >= 0.3 is 0 Å². The second-order valence-corrected chi connectivity index (χ2v) is 10.7. The fraction of sp³-hybridized carbons (Fsp3) is 0.259. The molecule has 1 atom stereocenters. The molecule has 1 N–H and O–H groups in total. The van der Waals surface area contributed by atoms with Gasteiger partial charge in [-0.05, 0) is 49.2 Å². The lowest BCUT2D eigenvalue weighted by molar-refractivity contribution is -0.140. The Labute approximate surface area is 221 Å². The Morgan fingerprint density at radius 3 is 2.24 bits per heavy atom. The van der Waals surface area contributed by atoms with Crippen molar-refractivity contribution in [1.29, 1.82) is 0 Å². The summed E-state index contributed by atoms with van der Waals surface area (Å²) in [7, 11) is -2.77. The van der Waals surface area contributed by atoms with E-state index in [0.717, 1.165) is 27.6 Å². The molecular formula is C27H29ClFN3O4S. The van der Waals surface area contributed by atoms with Gasteiger partial charge in [0.2, 0.25) is 11.8 Å². The minimum atomic E-state index is -4.24. The van der Waals surface area contributed by atoms with Crippen LogP contribution in [0, 0.1) is 12.7 Å². The van der Waals surface area contributed by atoms with Gasteiger partial charge < -0.3 is 10.2 Å². The van der Waals surface area contributed by atoms with E-state index in [4.69, 9.17) is 11.6 Å². The van der Waals surface area contributed by atoms with Gasteiger partial charge in [0.05, 0.1) is 15.6 Å². The van der Waals surface area contributed by atoms with Crippen molar-refractivity contribution in [3.8, 4) is 0 Å². The van der Waals surface area contributed by atoms with E-state index in [9.17, 15) is 22.4 Å². The number of benzene rings is 3. The first-order valence-corrected chi connectivity index (χ1v) is 13.5. The van der Waals surface area contributed by atoms with Crippen molar-refractivity contribution in [2.45, 2.75) is 37.8 Å². The van der Waals surface area contributed by atoms with Crippen LogP contribution in [-0.4, -0.2) is 44.8 Å². The molecule has 3 aromatic carbocycles. The van der Waals surface area contributed by atoms with E-state index in [1.165, 1.54) is 30.1 Å². The molecule has 0 fully saturated rings. The van der Waals surface area contributed by atoms with Crippen LogP contribution in [0.5, 0.6) is 0 Å². The molecule has 1 unspecified atom stereocenters. The summed E-state index contributed by atoms with van der Waals surface area (Å²) in [6.45, 7) is 3.17. The number of carbonyl (C=O) groups is 2. The Bertz CT molecular complexity index is 1350. The van der Waals surface area contributed by atoms with E-state index >= 15 is 0 Å². The molecular weight excluding hydrogens is 517 g/mol. The third kappa shape index (κ3) is 6.67. The number of halogens is 2. The van der Waals surface area contributed by atoms with Gasteiger partial charge in [0.1, 0.15) is 18.4 Å². The maximum Gasteiger partial charge on any atom is 0.264 e. The molecule has 0 aliphatic heterocycles. The molecule has 3 rings (SSSR count). The van der Waals surface area contributed by atoms with E-state index in [-0.39, 0.29) is 28.1 Å². The molecule has 37 heavy (non-hydrogen) atoms. The molecule has 0 bridgehead atoms. The van der Waals surface area contributed by atoms with E-state index < -0.39 is 34.3 Å². The molecule has 0 saturated heterocycles. The van der Waals surface area contributed by atoms with Gasteiger partial charge in [-0.2, -0.15) is 0 Å². The number of likely N-dealkylation sites (N-methyl/N-ethyl adjacent to an activating group) is 1. The highest BCUT2D eigenvalue weighted by Gasteiger charge is 2.33. The summed E-state index contributed by atoms with van der Waals surface area (Å²) in [6, 6.07) is 17.7. The highest BCUT2D eigenvalue weighted by atomic mass is 35.5. The lowest BCUT2D eigenvalue weighted by Gasteiger charge is -2.33. The first kappa shape index (κ1) is 28.1. The average Bonchev–Trinajstić information content (AvgIpc) is 2.90. The topological polar surface area (TPSA) is 86.8 Å². The molecule has 0 spiro atoms. The van der Waals surface area contributed by atoms with Crippen molar-refractivity contribution in [3.05, 3.63) is 94.8 Å². The fourth-order valence-corrected chi connectivity index (χ4v) is 5.47. The third-order valence-corrected chi connectivity index (χ3v) is 7.98. The highest BCUT2D eigenvalue weighted by molar-refractivity contribution is 7.92. The van der Waals surface area contributed by atoms with Gasteiger partial charge in [0.15, 0.2) is 0 Å². The Morgan fingerprint density at radius 1 is 1.03 bits per heavy atom. The number of anilines is 1. The zero-order chi connectivity index (χ0) is 27.2. The zero-order valence-corrected chi connectivity index (χ0v) is 22.4. The summed E-state index contributed by atoms with van der Waals surface area (Å²) >= 11 is 5.96. The van der Waals surface area contributed by atoms with E-state index in [0.29, 0.717) is 6.42 Å². The monoisotopic (exact) mass is 545 g/mol. The Hall–Kier alpha value is -3.43. The molecule has 196 valence electrons. The van der Waals surface area contributed by atoms with Crippen LogP contribution in [0.1, 0.15) is 24.5 Å². The number of hydrogen-bond donors (Lipinski definition) is 1. The number of amides is 2. The van der Waals surface area contributed by atoms with Gasteiger partial charge in [-0.25, -0.2) is 12.8 Å². The standard InChI is InChI=1S/C27H29ClFN3O4S/c1-4-25(27(34)30-3)31(17-20-12-10-19(2)11-13-20)26(33)18-32(21-14-15-24(29)23(28)16-21)37(35,36)22-8-6-5-7-9-22/h5-16,25H,4,17-18H2,1-3H3,(H,30,34). The number of rotatable bonds is 10. The summed E-state index contributed by atoms with van der Waals surface area (Å²) < 4.78 is 42.1. The van der Waals surface area contributed by atoms with Crippen molar-refractivity contribution in [1.82, 2.24) is 10.2 Å². The summed E-state index contributed by atoms with van der Waals surface area (Å²) in [4.78, 5) is 27.8. The summed E-state index contributed by atoms with van der Waals surface area (Å²) in [6.07, 6.45) is 0.311. The van der Waals surface area contributed by atoms with Crippen LogP contribution in [0.15, 0.2) is 77.7 Å². The first-order chi connectivity index (χ1) is 17.6. The van der Waals surface area contributed by atoms with Gasteiger partial charge in [0.25, 0.3) is 10.0 Å². The van der Waals surface area contributed by atoms with Gasteiger partial charge in [-0.1, -0.05) is 66.6 Å². The number of carbonyl (C=O) groups excluding carboxylic acids is 2. The van der Waals surface area contributed by atoms with Gasteiger partial charge in [-0.3, -0.25) is 13.9 Å². The lowest BCUT2D eigenvalue weighted by atomic mass is 10.1. The first-order valence-electron chi connectivity index (χ1n) is 11.7. The Kier molecular flexibility index (Phi) is 9.29. The van der Waals surface area contributed by atoms with Crippen LogP contribution >= 0.6 is 11.6 Å². The van der Waals surface area contributed by atoms with Crippen molar-refractivity contribution in [2.24, 2.45) is 0 Å². The maximum atomic E-state index is 13.9. The minimum Gasteiger partial charge on any atom is -0.357 e. The van der Waals surface area contributed by atoms with E-state index in [2.05, 4.69) is 5.32 Å². The molecule has 0 saturated carbocycles. The molecule has 10 heteroatoms. The fourth-order valence-electron chi connectivity index (χ4n) is 3.86. The molecule has 0 radical (unpaired) electrons. The van der Waals surface area contributed by atoms with Crippen LogP contribution in [0.2, 0.25) is 5.02 Å². The Morgan fingerprint density at radius 2 is 1.68 bits per heavy atom. The predicted octanol–water partition coefficient (Wildman–Crippen LogP) is 4.54. The normalized spacial score (nSPS) is 12.0. The molecule has 3 aromatic rings. The van der Waals surface area contributed by atoms with Crippen molar-refractivity contribution < 1.29 is 22.4 Å². The average molecular weight is 546 g/mol. The highest BCUT2D eigenvalue weighted by Crippen LogP contribution is 2.28. The predicted molar refractivity (Wildman–Crippen MR) is 142 cm³/mol. The summed E-state index contributed by atoms with van der Waals surface area (Å²) in [5.41, 5.74) is 1.84. The number of hydrogen-bond acceptors (Lipinski definition) is 4. The number of nitrogens with one attached hydrogen (secondary N) is 1. The van der Waals surface area contributed by atoms with Crippen LogP contribution in [0.3, 0.4) is 0 Å². The van der Waals surface area contributed by atoms with Crippen LogP contribution in [-0.2, 0) is 26.2 Å². The van der Waals surface area contributed by atoms with Gasteiger partial charge in [-0.15, -0.1) is 0 Å². The Balaban J connectivity index is 2.06. The number of sulfonamides is 1. The van der Waals surface area contributed by atoms with Crippen LogP contribution in [0.4, 0.5) is 10.1 Å². The molecule has 0 aliphatic rings. The quantitative estimate of drug-likeness (QED) is 0.405. The molecule has 0 aromatic heterocycles. The van der Waals surface area contributed by atoms with Crippen LogP contribution in [0.25, 0.3) is 0 Å². The summed E-state index contributed by atoms with van der Waals surface area (Å²) in [5.74, 6) is -1.69. The van der Waals surface area contributed by atoms with Gasteiger partial charge in [0, 0.05) is 13.6 Å². The van der Waals surface area contributed by atoms with Crippen molar-refractivity contribution in [2.75, 3.05) is 17.9 Å². The maximum absolute atomic E-state index is 13.9. The lowest BCUT2D eigenvalue weighted by Crippen LogP contribution is -2.51. The van der Waals surface area contributed by atoms with E-state index in [1.807, 2.05) is 31.2 Å². The largest absolute Gasteiger partial charge is 0.357 e. The molecule has 0 heterocycles. The van der Waals surface area contributed by atoms with Crippen LogP contribution < -0.4 is 9.62 Å². The SMILES string of the molecule is CCC(C(=O)NC)N(Cc1ccc(C)cc1)C(=O)CN(c1ccc(F)c(Cl)c1)S(=O)(=O)c1ccccc1.